The summed E-state index contributed by atoms with van der Waals surface area (Å²) in [6, 6.07) is 0. The van der Waals surface area contributed by atoms with E-state index in [0.717, 1.165) is 32.1 Å². The summed E-state index contributed by atoms with van der Waals surface area (Å²) in [7, 11) is 1.38. The second-order valence-corrected chi connectivity index (χ2v) is 5.26. The number of allylic oxidation sites excluding steroid dienone is 1. The van der Waals surface area contributed by atoms with E-state index >= 15 is 0 Å². The van der Waals surface area contributed by atoms with Gasteiger partial charge in [-0.25, -0.2) is 4.79 Å². The molecule has 1 aliphatic carbocycles. The van der Waals surface area contributed by atoms with E-state index in [1.54, 1.807) is 6.92 Å². The number of fused-ring (bicyclic) bond motifs is 1. The smallest absolute Gasteiger partial charge is 0.334 e. The molecule has 102 valence electrons. The summed E-state index contributed by atoms with van der Waals surface area (Å²) >= 11 is 0. The molecule has 1 heterocycles. The topological polar surface area (TPSA) is 44.8 Å². The van der Waals surface area contributed by atoms with E-state index in [1.807, 2.05) is 6.08 Å². The predicted octanol–water partition coefficient (Wildman–Crippen LogP) is 2.43. The van der Waals surface area contributed by atoms with Crippen LogP contribution in [0.25, 0.3) is 0 Å². The normalized spacial score (nSPS) is 36.1. The number of carbonyl (C=O) groups excluding carboxylic acids is 1. The Morgan fingerprint density at radius 1 is 1.50 bits per heavy atom. The Hall–Kier alpha value is -0.870. The van der Waals surface area contributed by atoms with Crippen molar-refractivity contribution in [2.24, 2.45) is 5.41 Å². The van der Waals surface area contributed by atoms with Crippen molar-refractivity contribution in [2.45, 2.75) is 50.9 Å². The van der Waals surface area contributed by atoms with Gasteiger partial charge in [-0.05, 0) is 32.6 Å². The van der Waals surface area contributed by atoms with Crippen molar-refractivity contribution in [3.05, 3.63) is 12.7 Å². The maximum Gasteiger partial charge on any atom is 0.334 e. The molecule has 0 radical (unpaired) electrons. The standard InChI is InChI=1S/C14H22O4/c1-4-6-13-7-5-8-14(13,17-10-9-13)18-11(2)12(15)16-3/h4,11H,1,5-10H2,2-3H3. The van der Waals surface area contributed by atoms with Gasteiger partial charge in [0.1, 0.15) is 0 Å². The lowest BCUT2D eigenvalue weighted by Crippen LogP contribution is -2.46. The fourth-order valence-corrected chi connectivity index (χ4v) is 3.42. The molecule has 0 amide bonds. The zero-order valence-corrected chi connectivity index (χ0v) is 11.2. The minimum atomic E-state index is -0.616. The number of rotatable bonds is 5. The molecular formula is C14H22O4. The van der Waals surface area contributed by atoms with Gasteiger partial charge in [0.05, 0.1) is 13.7 Å². The summed E-state index contributed by atoms with van der Waals surface area (Å²) in [5.74, 6) is -0.964. The van der Waals surface area contributed by atoms with E-state index in [-0.39, 0.29) is 11.4 Å². The van der Waals surface area contributed by atoms with Crippen molar-refractivity contribution in [3.63, 3.8) is 0 Å². The molecule has 2 rings (SSSR count). The van der Waals surface area contributed by atoms with Gasteiger partial charge in [-0.2, -0.15) is 0 Å². The lowest BCUT2D eigenvalue weighted by Gasteiger charge is -2.39. The Balaban J connectivity index is 2.17. The number of ether oxygens (including phenoxy) is 3. The van der Waals surface area contributed by atoms with Crippen LogP contribution in [0.4, 0.5) is 0 Å². The molecule has 2 aliphatic rings. The Bertz CT molecular complexity index is 327. The van der Waals surface area contributed by atoms with Crippen molar-refractivity contribution >= 4 is 5.97 Å². The number of hydrogen-bond donors (Lipinski definition) is 0. The van der Waals surface area contributed by atoms with Crippen LogP contribution < -0.4 is 0 Å². The van der Waals surface area contributed by atoms with Gasteiger partial charge in [0, 0.05) is 11.8 Å². The minimum Gasteiger partial charge on any atom is -0.467 e. The third kappa shape index (κ3) is 1.97. The summed E-state index contributed by atoms with van der Waals surface area (Å²) < 4.78 is 16.6. The third-order valence-electron chi connectivity index (χ3n) is 4.32. The molecule has 0 aromatic rings. The largest absolute Gasteiger partial charge is 0.467 e. The molecule has 4 heteroatoms. The third-order valence-corrected chi connectivity index (χ3v) is 4.32. The molecule has 0 aromatic heterocycles. The second kappa shape index (κ2) is 5.02. The average molecular weight is 254 g/mol. The minimum absolute atomic E-state index is 0.00295. The van der Waals surface area contributed by atoms with E-state index in [4.69, 9.17) is 14.2 Å². The Morgan fingerprint density at radius 2 is 2.28 bits per heavy atom. The zero-order chi connectivity index (χ0) is 13.2. The summed E-state index contributed by atoms with van der Waals surface area (Å²) in [6.45, 7) is 6.26. The Kier molecular flexibility index (Phi) is 3.78. The number of hydrogen-bond acceptors (Lipinski definition) is 4. The molecule has 1 saturated carbocycles. The van der Waals surface area contributed by atoms with Gasteiger partial charge in [-0.1, -0.05) is 6.08 Å². The average Bonchev–Trinajstić information content (AvgIpc) is 2.82. The molecule has 18 heavy (non-hydrogen) atoms. The van der Waals surface area contributed by atoms with Crippen LogP contribution in [0.15, 0.2) is 12.7 Å². The van der Waals surface area contributed by atoms with Gasteiger partial charge < -0.3 is 14.2 Å². The van der Waals surface area contributed by atoms with Crippen LogP contribution in [-0.4, -0.2) is 31.6 Å². The molecule has 0 aromatic carbocycles. The van der Waals surface area contributed by atoms with Crippen LogP contribution in [0.1, 0.15) is 39.0 Å². The van der Waals surface area contributed by atoms with Crippen LogP contribution in [-0.2, 0) is 19.0 Å². The first-order chi connectivity index (χ1) is 8.59. The molecule has 2 fully saturated rings. The molecule has 1 saturated heterocycles. The highest BCUT2D eigenvalue weighted by molar-refractivity contribution is 5.74. The molecule has 3 unspecified atom stereocenters. The van der Waals surface area contributed by atoms with Gasteiger partial charge in [0.2, 0.25) is 0 Å². The first-order valence-electron chi connectivity index (χ1n) is 6.60. The molecule has 4 nitrogen and oxygen atoms in total. The summed E-state index contributed by atoms with van der Waals surface area (Å²) in [4.78, 5) is 11.5. The summed E-state index contributed by atoms with van der Waals surface area (Å²) in [5, 5.41) is 0. The fraction of sp³-hybridized carbons (Fsp3) is 0.786. The van der Waals surface area contributed by atoms with Crippen molar-refractivity contribution in [1.82, 2.24) is 0 Å². The highest BCUT2D eigenvalue weighted by Crippen LogP contribution is 2.58. The number of esters is 1. The molecular weight excluding hydrogens is 232 g/mol. The van der Waals surface area contributed by atoms with Crippen molar-refractivity contribution in [2.75, 3.05) is 13.7 Å². The van der Waals surface area contributed by atoms with Crippen LogP contribution in [0.2, 0.25) is 0 Å². The van der Waals surface area contributed by atoms with E-state index in [1.165, 1.54) is 7.11 Å². The SMILES string of the molecule is C=CCC12CCCC1(OC(C)C(=O)OC)OCC2. The summed E-state index contributed by atoms with van der Waals surface area (Å²) in [5.41, 5.74) is -0.00295. The Labute approximate surface area is 108 Å². The van der Waals surface area contributed by atoms with Gasteiger partial charge in [-0.15, -0.1) is 6.58 Å². The van der Waals surface area contributed by atoms with E-state index < -0.39 is 11.9 Å². The number of carbonyl (C=O) groups is 1. The molecule has 0 bridgehead atoms. The second-order valence-electron chi connectivity index (χ2n) is 5.26. The van der Waals surface area contributed by atoms with E-state index in [9.17, 15) is 4.79 Å². The van der Waals surface area contributed by atoms with Gasteiger partial charge in [0.25, 0.3) is 0 Å². The molecule has 3 atom stereocenters. The highest BCUT2D eigenvalue weighted by atomic mass is 16.7. The maximum absolute atomic E-state index is 11.5. The lowest BCUT2D eigenvalue weighted by atomic mass is 9.77. The van der Waals surface area contributed by atoms with Crippen molar-refractivity contribution < 1.29 is 19.0 Å². The molecule has 0 spiro atoms. The summed E-state index contributed by atoms with van der Waals surface area (Å²) in [6.07, 6.45) is 6.20. The van der Waals surface area contributed by atoms with Crippen molar-refractivity contribution in [3.8, 4) is 0 Å². The number of methoxy groups -OCH3 is 1. The first-order valence-corrected chi connectivity index (χ1v) is 6.60. The Morgan fingerprint density at radius 3 is 2.94 bits per heavy atom. The first kappa shape index (κ1) is 13.6. The van der Waals surface area contributed by atoms with E-state index in [0.29, 0.717) is 6.61 Å². The monoisotopic (exact) mass is 254 g/mol. The van der Waals surface area contributed by atoms with Gasteiger partial charge in [0.15, 0.2) is 11.9 Å². The zero-order valence-electron chi connectivity index (χ0n) is 11.2. The quantitative estimate of drug-likeness (QED) is 0.558. The predicted molar refractivity (Wildman–Crippen MR) is 67.0 cm³/mol. The van der Waals surface area contributed by atoms with Crippen LogP contribution in [0, 0.1) is 5.41 Å². The molecule has 0 N–H and O–H groups in total. The molecule has 1 aliphatic heterocycles. The van der Waals surface area contributed by atoms with E-state index in [2.05, 4.69) is 6.58 Å². The maximum atomic E-state index is 11.5. The van der Waals surface area contributed by atoms with Crippen molar-refractivity contribution in [1.29, 1.82) is 0 Å². The fourth-order valence-electron chi connectivity index (χ4n) is 3.42. The van der Waals surface area contributed by atoms with Crippen LogP contribution in [0.3, 0.4) is 0 Å². The van der Waals surface area contributed by atoms with Gasteiger partial charge in [-0.3, -0.25) is 0 Å². The van der Waals surface area contributed by atoms with Gasteiger partial charge >= 0.3 is 5.97 Å². The lowest BCUT2D eigenvalue weighted by molar-refractivity contribution is -0.266. The highest BCUT2D eigenvalue weighted by Gasteiger charge is 2.60. The van der Waals surface area contributed by atoms with Crippen LogP contribution in [0.5, 0.6) is 0 Å². The van der Waals surface area contributed by atoms with Crippen LogP contribution >= 0.6 is 0 Å².